The third kappa shape index (κ3) is 11.7. The summed E-state index contributed by atoms with van der Waals surface area (Å²) in [5.41, 5.74) is 16.5. The third-order valence-electron chi connectivity index (χ3n) is 4.80. The zero-order chi connectivity index (χ0) is 24.0. The number of carbonyl (C=O) groups excluding carboxylic acids is 3. The molecule has 0 saturated carbocycles. The van der Waals surface area contributed by atoms with Gasteiger partial charge in [0.1, 0.15) is 18.1 Å². The molecular weight excluding hydrogens is 404 g/mol. The molecule has 0 spiro atoms. The van der Waals surface area contributed by atoms with Gasteiger partial charge in [-0.3, -0.25) is 14.4 Å². The molecule has 11 heteroatoms. The van der Waals surface area contributed by atoms with Crippen LogP contribution in [0.5, 0.6) is 0 Å². The fourth-order valence-electron chi connectivity index (χ4n) is 2.87. The van der Waals surface area contributed by atoms with Crippen LogP contribution in [0.15, 0.2) is 0 Å². The molecule has 11 nitrogen and oxygen atoms in total. The van der Waals surface area contributed by atoms with Gasteiger partial charge >= 0.3 is 5.97 Å². The van der Waals surface area contributed by atoms with Gasteiger partial charge in [0.2, 0.25) is 17.7 Å². The van der Waals surface area contributed by atoms with Gasteiger partial charge in [0.25, 0.3) is 0 Å². The molecule has 0 aliphatic heterocycles. The normalized spacial score (nSPS) is 14.9. The quantitative estimate of drug-likeness (QED) is 0.143. The van der Waals surface area contributed by atoms with Crippen molar-refractivity contribution in [2.24, 2.45) is 23.1 Å². The van der Waals surface area contributed by atoms with Crippen LogP contribution >= 0.6 is 0 Å². The molecule has 0 rings (SSSR count). The van der Waals surface area contributed by atoms with Gasteiger partial charge in [-0.2, -0.15) is 0 Å². The van der Waals surface area contributed by atoms with Crippen molar-refractivity contribution in [2.45, 2.75) is 83.5 Å². The Balaban J connectivity index is 5.31. The number of hydrogen-bond donors (Lipinski definition) is 7. The van der Waals surface area contributed by atoms with Crippen molar-refractivity contribution < 1.29 is 24.3 Å². The van der Waals surface area contributed by atoms with Crippen LogP contribution in [0.3, 0.4) is 0 Å². The van der Waals surface area contributed by atoms with E-state index in [1.54, 1.807) is 13.8 Å². The number of nitrogens with two attached hydrogens (primary N) is 3. The summed E-state index contributed by atoms with van der Waals surface area (Å²) in [6, 6.07) is -3.71. The van der Waals surface area contributed by atoms with Crippen LogP contribution in [0.2, 0.25) is 0 Å². The van der Waals surface area contributed by atoms with E-state index in [2.05, 4.69) is 16.0 Å². The first-order chi connectivity index (χ1) is 14.5. The number of rotatable bonds is 16. The molecule has 0 aromatic rings. The zero-order valence-corrected chi connectivity index (χ0v) is 18.9. The average molecular weight is 445 g/mol. The molecule has 0 aromatic carbocycles. The van der Waals surface area contributed by atoms with Crippen molar-refractivity contribution in [3.63, 3.8) is 0 Å². The molecule has 180 valence electrons. The number of amides is 3. The minimum absolute atomic E-state index is 0.237. The lowest BCUT2D eigenvalue weighted by Gasteiger charge is -2.26. The maximum Gasteiger partial charge on any atom is 0.326 e. The monoisotopic (exact) mass is 444 g/mol. The van der Waals surface area contributed by atoms with E-state index in [1.165, 1.54) is 6.92 Å². The first-order valence-corrected chi connectivity index (χ1v) is 10.8. The second-order valence-electron chi connectivity index (χ2n) is 8.05. The van der Waals surface area contributed by atoms with Crippen molar-refractivity contribution in [3.8, 4) is 0 Å². The summed E-state index contributed by atoms with van der Waals surface area (Å²) in [6.07, 6.45) is 2.94. The fourth-order valence-corrected chi connectivity index (χ4v) is 2.87. The summed E-state index contributed by atoms with van der Waals surface area (Å²) in [5.74, 6) is -3.01. The van der Waals surface area contributed by atoms with Gasteiger partial charge in [0.05, 0.1) is 6.04 Å². The van der Waals surface area contributed by atoms with E-state index in [0.717, 1.165) is 0 Å². The summed E-state index contributed by atoms with van der Waals surface area (Å²) in [6.45, 7) is 5.88. The molecule has 3 amide bonds. The summed E-state index contributed by atoms with van der Waals surface area (Å²) in [4.78, 5) is 49.1. The van der Waals surface area contributed by atoms with E-state index in [1.807, 2.05) is 0 Å². The molecule has 4 atom stereocenters. The van der Waals surface area contributed by atoms with Gasteiger partial charge < -0.3 is 38.3 Å². The second-order valence-corrected chi connectivity index (χ2v) is 8.05. The molecule has 0 aliphatic rings. The number of carboxylic acids is 1. The van der Waals surface area contributed by atoms with Crippen molar-refractivity contribution >= 4 is 23.7 Å². The summed E-state index contributed by atoms with van der Waals surface area (Å²) in [5, 5.41) is 17.1. The van der Waals surface area contributed by atoms with Gasteiger partial charge in [-0.1, -0.05) is 13.8 Å². The van der Waals surface area contributed by atoms with E-state index in [4.69, 9.17) is 17.2 Å². The Morgan fingerprint density at radius 1 is 0.742 bits per heavy atom. The van der Waals surface area contributed by atoms with Crippen molar-refractivity contribution in [1.82, 2.24) is 16.0 Å². The number of unbranched alkanes of at least 4 members (excludes halogenated alkanes) is 2. The van der Waals surface area contributed by atoms with Crippen LogP contribution in [0.25, 0.3) is 0 Å². The second kappa shape index (κ2) is 15.5. The number of hydrogen-bond acceptors (Lipinski definition) is 7. The topological polar surface area (TPSA) is 203 Å². The Morgan fingerprint density at radius 3 is 1.65 bits per heavy atom. The highest BCUT2D eigenvalue weighted by molar-refractivity contribution is 5.94. The van der Waals surface area contributed by atoms with Crippen LogP contribution in [-0.2, 0) is 19.2 Å². The lowest BCUT2D eigenvalue weighted by Crippen LogP contribution is -2.58. The Hall–Kier alpha value is -2.24. The molecule has 0 aromatic heterocycles. The van der Waals surface area contributed by atoms with Gasteiger partial charge in [0.15, 0.2) is 0 Å². The zero-order valence-electron chi connectivity index (χ0n) is 18.9. The number of carboxylic acid groups (broad SMARTS) is 1. The Labute approximate surface area is 184 Å². The van der Waals surface area contributed by atoms with Gasteiger partial charge in [0, 0.05) is 0 Å². The Morgan fingerprint density at radius 2 is 1.23 bits per heavy atom. The van der Waals surface area contributed by atoms with Crippen LogP contribution in [0.1, 0.15) is 59.3 Å². The van der Waals surface area contributed by atoms with E-state index in [9.17, 15) is 24.3 Å². The molecular formula is C20H40N6O5. The molecule has 0 aliphatic carbocycles. The van der Waals surface area contributed by atoms with Gasteiger partial charge in [-0.15, -0.1) is 0 Å². The highest BCUT2D eigenvalue weighted by Crippen LogP contribution is 2.08. The predicted octanol–water partition coefficient (Wildman–Crippen LogP) is -1.21. The van der Waals surface area contributed by atoms with Crippen LogP contribution in [-0.4, -0.2) is 66.1 Å². The number of aliphatic carboxylic acids is 1. The Bertz CT molecular complexity index is 584. The minimum atomic E-state index is -1.15. The maximum absolute atomic E-state index is 12.8. The van der Waals surface area contributed by atoms with Crippen LogP contribution in [0.4, 0.5) is 0 Å². The van der Waals surface area contributed by atoms with E-state index < -0.39 is 47.9 Å². The predicted molar refractivity (Wildman–Crippen MR) is 118 cm³/mol. The minimum Gasteiger partial charge on any atom is -0.480 e. The average Bonchev–Trinajstić information content (AvgIpc) is 2.69. The standard InChI is InChI=1S/C20H40N6O5/c1-12(2)16(26-17(27)13(3)23)19(29)24-14(8-4-6-10-21)18(28)25-15(20(30)31)9-5-7-11-22/h12-16H,4-11,21-23H2,1-3H3,(H,24,29)(H,25,28)(H,26,27)(H,30,31). The molecule has 0 radical (unpaired) electrons. The van der Waals surface area contributed by atoms with Crippen molar-refractivity contribution in [3.05, 3.63) is 0 Å². The number of nitrogens with one attached hydrogen (secondary N) is 3. The first-order valence-electron chi connectivity index (χ1n) is 10.8. The highest BCUT2D eigenvalue weighted by atomic mass is 16.4. The SMILES string of the molecule is CC(N)C(=O)NC(C(=O)NC(CCCCN)C(=O)NC(CCCCN)C(=O)O)C(C)C. The molecule has 4 unspecified atom stereocenters. The molecule has 10 N–H and O–H groups in total. The maximum atomic E-state index is 12.8. The van der Waals surface area contributed by atoms with E-state index >= 15 is 0 Å². The lowest BCUT2D eigenvalue weighted by molar-refractivity contribution is -0.142. The van der Waals surface area contributed by atoms with E-state index in [-0.39, 0.29) is 18.8 Å². The van der Waals surface area contributed by atoms with Crippen LogP contribution in [0, 0.1) is 5.92 Å². The summed E-state index contributed by atoms with van der Waals surface area (Å²) in [7, 11) is 0. The molecule has 0 bridgehead atoms. The lowest BCUT2D eigenvalue weighted by atomic mass is 10.0. The molecule has 0 fully saturated rings. The Kier molecular flexibility index (Phi) is 14.4. The smallest absolute Gasteiger partial charge is 0.326 e. The first kappa shape index (κ1) is 28.8. The summed E-state index contributed by atoms with van der Waals surface area (Å²) >= 11 is 0. The molecule has 0 heterocycles. The largest absolute Gasteiger partial charge is 0.480 e. The van der Waals surface area contributed by atoms with Gasteiger partial charge in [-0.25, -0.2) is 4.79 Å². The fraction of sp³-hybridized carbons (Fsp3) is 0.800. The molecule has 0 saturated heterocycles. The number of carbonyl (C=O) groups is 4. The van der Waals surface area contributed by atoms with E-state index in [0.29, 0.717) is 38.8 Å². The highest BCUT2D eigenvalue weighted by Gasteiger charge is 2.30. The van der Waals surface area contributed by atoms with Gasteiger partial charge in [-0.05, 0) is 64.5 Å². The summed E-state index contributed by atoms with van der Waals surface area (Å²) < 4.78 is 0. The van der Waals surface area contributed by atoms with Crippen molar-refractivity contribution in [2.75, 3.05) is 13.1 Å². The molecule has 31 heavy (non-hydrogen) atoms. The third-order valence-corrected chi connectivity index (χ3v) is 4.80. The van der Waals surface area contributed by atoms with Crippen molar-refractivity contribution in [1.29, 1.82) is 0 Å². The van der Waals surface area contributed by atoms with Crippen LogP contribution < -0.4 is 33.2 Å².